The van der Waals surface area contributed by atoms with E-state index < -0.39 is 0 Å². The van der Waals surface area contributed by atoms with Gasteiger partial charge >= 0.3 is 0 Å². The highest BCUT2D eigenvalue weighted by Crippen LogP contribution is 2.22. The molecule has 2 aliphatic heterocycles. The fourth-order valence-corrected chi connectivity index (χ4v) is 3.73. The lowest BCUT2D eigenvalue weighted by Gasteiger charge is -2.35. The van der Waals surface area contributed by atoms with Crippen molar-refractivity contribution in [2.24, 2.45) is 5.92 Å². The molecule has 2 aromatic rings. The van der Waals surface area contributed by atoms with Crippen LogP contribution in [0.25, 0.3) is 17.0 Å². The van der Waals surface area contributed by atoms with E-state index in [-0.39, 0.29) is 17.7 Å². The number of fused-ring (bicyclic) bond motifs is 1. The SMILES string of the molecule is O=C(/C=C/c1cc2ccccc2o1)N1CCC(C(=O)N2CCOCC2)CC1. The standard InChI is InChI=1S/C21H24N2O4/c24-20(6-5-18-15-17-3-1-2-4-19(17)27-18)22-9-7-16(8-10-22)21(25)23-11-13-26-14-12-23/h1-6,15-16H,7-14H2/b6-5+. The van der Waals surface area contributed by atoms with Crippen molar-refractivity contribution in [1.29, 1.82) is 0 Å². The Morgan fingerprint density at radius 3 is 2.48 bits per heavy atom. The first-order chi connectivity index (χ1) is 13.2. The summed E-state index contributed by atoms with van der Waals surface area (Å²) in [5.74, 6) is 0.865. The summed E-state index contributed by atoms with van der Waals surface area (Å²) >= 11 is 0. The first-order valence-electron chi connectivity index (χ1n) is 9.53. The van der Waals surface area contributed by atoms with Crippen molar-refractivity contribution >= 4 is 28.9 Å². The predicted molar refractivity (Wildman–Crippen MR) is 102 cm³/mol. The monoisotopic (exact) mass is 368 g/mol. The lowest BCUT2D eigenvalue weighted by Crippen LogP contribution is -2.47. The number of benzene rings is 1. The van der Waals surface area contributed by atoms with E-state index in [1.807, 2.05) is 40.1 Å². The summed E-state index contributed by atoms with van der Waals surface area (Å²) in [4.78, 5) is 28.7. The Balaban J connectivity index is 1.31. The number of furan rings is 1. The average Bonchev–Trinajstić information content (AvgIpc) is 3.15. The van der Waals surface area contributed by atoms with Crippen LogP contribution in [0.1, 0.15) is 18.6 Å². The summed E-state index contributed by atoms with van der Waals surface area (Å²) in [7, 11) is 0. The fraction of sp³-hybridized carbons (Fsp3) is 0.429. The maximum atomic E-state index is 12.6. The highest BCUT2D eigenvalue weighted by molar-refractivity contribution is 5.92. The molecule has 0 spiro atoms. The topological polar surface area (TPSA) is 63.0 Å². The van der Waals surface area contributed by atoms with E-state index in [0.717, 1.165) is 23.8 Å². The Morgan fingerprint density at radius 1 is 1.00 bits per heavy atom. The van der Waals surface area contributed by atoms with Gasteiger partial charge in [-0.25, -0.2) is 0 Å². The van der Waals surface area contributed by atoms with Crippen LogP contribution in [0.2, 0.25) is 0 Å². The molecule has 4 rings (SSSR count). The quantitative estimate of drug-likeness (QED) is 0.781. The Labute approximate surface area is 158 Å². The molecule has 27 heavy (non-hydrogen) atoms. The maximum absolute atomic E-state index is 12.6. The van der Waals surface area contributed by atoms with Gasteiger partial charge in [0.1, 0.15) is 11.3 Å². The van der Waals surface area contributed by atoms with Crippen LogP contribution < -0.4 is 0 Å². The Kier molecular flexibility index (Phi) is 5.25. The molecule has 1 aromatic carbocycles. The molecule has 0 radical (unpaired) electrons. The number of carbonyl (C=O) groups excluding carboxylic acids is 2. The van der Waals surface area contributed by atoms with Gasteiger partial charge in [-0.3, -0.25) is 9.59 Å². The normalized spacial score (nSPS) is 19.1. The fourth-order valence-electron chi connectivity index (χ4n) is 3.73. The van der Waals surface area contributed by atoms with E-state index in [2.05, 4.69) is 0 Å². The molecule has 0 atom stereocenters. The molecular weight excluding hydrogens is 344 g/mol. The van der Waals surface area contributed by atoms with E-state index in [9.17, 15) is 9.59 Å². The van der Waals surface area contributed by atoms with E-state index >= 15 is 0 Å². The van der Waals surface area contributed by atoms with Crippen molar-refractivity contribution in [2.45, 2.75) is 12.8 Å². The minimum atomic E-state index is -0.0345. The molecule has 0 unspecified atom stereocenters. The number of morpholine rings is 1. The third kappa shape index (κ3) is 4.06. The first-order valence-corrected chi connectivity index (χ1v) is 9.53. The van der Waals surface area contributed by atoms with Gasteiger partial charge < -0.3 is 19.0 Å². The second-order valence-electron chi connectivity index (χ2n) is 7.06. The summed E-state index contributed by atoms with van der Waals surface area (Å²) in [6.07, 6.45) is 4.72. The van der Waals surface area contributed by atoms with Crippen LogP contribution in [0.15, 0.2) is 40.8 Å². The zero-order chi connectivity index (χ0) is 18.6. The van der Waals surface area contributed by atoms with Gasteiger partial charge in [0, 0.05) is 43.6 Å². The van der Waals surface area contributed by atoms with Gasteiger partial charge in [0.15, 0.2) is 0 Å². The van der Waals surface area contributed by atoms with Crippen molar-refractivity contribution in [1.82, 2.24) is 9.80 Å². The third-order valence-corrected chi connectivity index (χ3v) is 5.31. The molecule has 2 fully saturated rings. The van der Waals surface area contributed by atoms with Crippen LogP contribution in [0, 0.1) is 5.92 Å². The molecule has 6 heteroatoms. The summed E-state index contributed by atoms with van der Waals surface area (Å²) in [6.45, 7) is 3.83. The lowest BCUT2D eigenvalue weighted by molar-refractivity contribution is -0.142. The highest BCUT2D eigenvalue weighted by Gasteiger charge is 2.30. The number of para-hydroxylation sites is 1. The number of hydrogen-bond donors (Lipinski definition) is 0. The van der Waals surface area contributed by atoms with Gasteiger partial charge in [-0.2, -0.15) is 0 Å². The zero-order valence-corrected chi connectivity index (χ0v) is 15.3. The van der Waals surface area contributed by atoms with Gasteiger partial charge in [0.2, 0.25) is 11.8 Å². The predicted octanol–water partition coefficient (Wildman–Crippen LogP) is 2.54. The number of amides is 2. The summed E-state index contributed by atoms with van der Waals surface area (Å²) < 4.78 is 11.0. The molecule has 3 heterocycles. The molecule has 0 saturated carbocycles. The number of likely N-dealkylation sites (tertiary alicyclic amines) is 1. The van der Waals surface area contributed by atoms with Crippen LogP contribution in [0.4, 0.5) is 0 Å². The molecule has 2 saturated heterocycles. The number of piperidine rings is 1. The zero-order valence-electron chi connectivity index (χ0n) is 15.3. The summed E-state index contributed by atoms with van der Waals surface area (Å²) in [6, 6.07) is 9.69. The van der Waals surface area contributed by atoms with Crippen molar-refractivity contribution in [3.05, 3.63) is 42.2 Å². The van der Waals surface area contributed by atoms with Crippen LogP contribution >= 0.6 is 0 Å². The Bertz CT molecular complexity index is 810. The maximum Gasteiger partial charge on any atom is 0.246 e. The van der Waals surface area contributed by atoms with E-state index in [1.165, 1.54) is 0 Å². The van der Waals surface area contributed by atoms with E-state index in [1.54, 1.807) is 12.2 Å². The smallest absolute Gasteiger partial charge is 0.246 e. The van der Waals surface area contributed by atoms with Gasteiger partial charge in [-0.15, -0.1) is 0 Å². The number of rotatable bonds is 3. The van der Waals surface area contributed by atoms with Crippen molar-refractivity contribution < 1.29 is 18.7 Å². The molecule has 0 N–H and O–H groups in total. The molecule has 0 aliphatic carbocycles. The molecule has 2 aliphatic rings. The van der Waals surface area contributed by atoms with Crippen LogP contribution in [-0.4, -0.2) is 61.0 Å². The summed E-state index contributed by atoms with van der Waals surface area (Å²) in [5.41, 5.74) is 0.812. The average molecular weight is 368 g/mol. The number of ether oxygens (including phenoxy) is 1. The minimum absolute atomic E-state index is 0.0199. The molecule has 142 valence electrons. The minimum Gasteiger partial charge on any atom is -0.457 e. The van der Waals surface area contributed by atoms with Crippen molar-refractivity contribution in [3.63, 3.8) is 0 Å². The summed E-state index contributed by atoms with van der Waals surface area (Å²) in [5, 5.41) is 1.02. The molecule has 6 nitrogen and oxygen atoms in total. The Morgan fingerprint density at radius 2 is 1.74 bits per heavy atom. The van der Waals surface area contributed by atoms with Gasteiger partial charge in [0.05, 0.1) is 13.2 Å². The van der Waals surface area contributed by atoms with Gasteiger partial charge in [-0.05, 0) is 31.1 Å². The molecule has 0 bridgehead atoms. The molecule has 1 aromatic heterocycles. The van der Waals surface area contributed by atoms with E-state index in [0.29, 0.717) is 45.2 Å². The van der Waals surface area contributed by atoms with Crippen molar-refractivity contribution in [2.75, 3.05) is 39.4 Å². The molecular formula is C21H24N2O4. The lowest BCUT2D eigenvalue weighted by atomic mass is 9.95. The number of hydrogen-bond acceptors (Lipinski definition) is 4. The second-order valence-corrected chi connectivity index (χ2v) is 7.06. The second kappa shape index (κ2) is 7.96. The van der Waals surface area contributed by atoms with Crippen LogP contribution in [-0.2, 0) is 14.3 Å². The van der Waals surface area contributed by atoms with Crippen molar-refractivity contribution in [3.8, 4) is 0 Å². The van der Waals surface area contributed by atoms with E-state index in [4.69, 9.17) is 9.15 Å². The highest BCUT2D eigenvalue weighted by atomic mass is 16.5. The molecule has 2 amide bonds. The van der Waals surface area contributed by atoms with Gasteiger partial charge in [-0.1, -0.05) is 18.2 Å². The first kappa shape index (κ1) is 17.8. The third-order valence-electron chi connectivity index (χ3n) is 5.31. The van der Waals surface area contributed by atoms with Gasteiger partial charge in [0.25, 0.3) is 0 Å². The van der Waals surface area contributed by atoms with Crippen LogP contribution in [0.5, 0.6) is 0 Å². The largest absolute Gasteiger partial charge is 0.457 e. The number of nitrogens with zero attached hydrogens (tertiary/aromatic N) is 2. The number of carbonyl (C=O) groups is 2. The Hall–Kier alpha value is -2.60. The van der Waals surface area contributed by atoms with Crippen LogP contribution in [0.3, 0.4) is 0 Å².